The topological polar surface area (TPSA) is 86.9 Å². The van der Waals surface area contributed by atoms with Crippen molar-refractivity contribution >= 4 is 5.91 Å². The first-order valence-electron chi connectivity index (χ1n) is 10.6. The van der Waals surface area contributed by atoms with E-state index in [1.165, 1.54) is 19.2 Å². The highest BCUT2D eigenvalue weighted by Crippen LogP contribution is 2.39. The first-order valence-corrected chi connectivity index (χ1v) is 10.6. The quantitative estimate of drug-likeness (QED) is 0.692. The monoisotopic (exact) mass is 433 g/mol. The molecule has 2 aromatic rings. The minimum Gasteiger partial charge on any atom is -0.494 e. The fourth-order valence-corrected chi connectivity index (χ4v) is 4.56. The Labute approximate surface area is 180 Å². The van der Waals surface area contributed by atoms with Crippen LogP contribution in [0.2, 0.25) is 0 Å². The third kappa shape index (κ3) is 4.88. The highest BCUT2D eigenvalue weighted by Gasteiger charge is 2.41. The van der Waals surface area contributed by atoms with E-state index in [0.29, 0.717) is 49.5 Å². The van der Waals surface area contributed by atoms with Crippen LogP contribution in [-0.2, 0) is 22.5 Å². The number of piperidine rings is 1. The third-order valence-corrected chi connectivity index (χ3v) is 6.20. The van der Waals surface area contributed by atoms with Crippen LogP contribution in [0, 0.1) is 11.7 Å². The van der Waals surface area contributed by atoms with Gasteiger partial charge in [0, 0.05) is 38.8 Å². The van der Waals surface area contributed by atoms with Crippen LogP contribution in [0.5, 0.6) is 5.75 Å². The number of methoxy groups -OCH3 is 2. The summed E-state index contributed by atoms with van der Waals surface area (Å²) < 4.78 is 35.5. The Morgan fingerprint density at radius 3 is 2.84 bits per heavy atom. The van der Waals surface area contributed by atoms with E-state index >= 15 is 0 Å². The second-order valence-electron chi connectivity index (χ2n) is 8.27. The summed E-state index contributed by atoms with van der Waals surface area (Å²) in [5, 5.41) is 3.93. The molecule has 2 fully saturated rings. The normalized spacial score (nSPS) is 20.7. The number of aromatic nitrogens is 2. The molecule has 3 heterocycles. The maximum Gasteiger partial charge on any atom is 0.253 e. The molecule has 1 aromatic carbocycles. The first kappa shape index (κ1) is 21.7. The number of carbonyl (C=O) groups is 1. The van der Waals surface area contributed by atoms with E-state index in [0.717, 1.165) is 32.1 Å². The summed E-state index contributed by atoms with van der Waals surface area (Å²) in [7, 11) is 3.00. The van der Waals surface area contributed by atoms with Gasteiger partial charge < -0.3 is 23.6 Å². The number of amides is 1. The van der Waals surface area contributed by atoms with Gasteiger partial charge in [-0.15, -0.1) is 0 Å². The van der Waals surface area contributed by atoms with Crippen LogP contribution in [0.3, 0.4) is 0 Å². The molecular formula is C22H28FN3O5. The minimum absolute atomic E-state index is 0.131. The van der Waals surface area contributed by atoms with E-state index in [9.17, 15) is 9.18 Å². The summed E-state index contributed by atoms with van der Waals surface area (Å²) in [5.74, 6) is 1.01. The summed E-state index contributed by atoms with van der Waals surface area (Å²) in [6, 6.07) is 4.32. The lowest BCUT2D eigenvalue weighted by molar-refractivity contribution is -0.124. The average Bonchev–Trinajstić information content (AvgIpc) is 3.21. The van der Waals surface area contributed by atoms with Crippen LogP contribution in [0.1, 0.15) is 47.8 Å². The Morgan fingerprint density at radius 1 is 1.32 bits per heavy atom. The van der Waals surface area contributed by atoms with Gasteiger partial charge in [-0.1, -0.05) is 5.16 Å². The second-order valence-corrected chi connectivity index (χ2v) is 8.27. The Balaban J connectivity index is 1.34. The maximum absolute atomic E-state index is 14.0. The van der Waals surface area contributed by atoms with Gasteiger partial charge in [-0.3, -0.25) is 4.79 Å². The van der Waals surface area contributed by atoms with Crippen molar-refractivity contribution in [2.75, 3.05) is 33.9 Å². The van der Waals surface area contributed by atoms with Gasteiger partial charge in [-0.25, -0.2) is 4.39 Å². The van der Waals surface area contributed by atoms with Crippen molar-refractivity contribution < 1.29 is 27.9 Å². The van der Waals surface area contributed by atoms with Crippen LogP contribution in [-0.4, -0.2) is 60.5 Å². The van der Waals surface area contributed by atoms with E-state index in [-0.39, 0.29) is 17.3 Å². The summed E-state index contributed by atoms with van der Waals surface area (Å²) in [5.41, 5.74) is 0.0974. The summed E-state index contributed by atoms with van der Waals surface area (Å²) >= 11 is 0. The van der Waals surface area contributed by atoms with Gasteiger partial charge in [-0.05, 0) is 49.8 Å². The standard InChI is InChI=1S/C22H28FN3O5/c1-28-14-19-24-20(31-25-19)11-15-5-10-30-22(13-15)6-8-26(9-7-22)21(27)16-3-4-18(29-2)17(23)12-16/h3-4,12,15H,5-11,13-14H2,1-2H3. The molecule has 0 N–H and O–H groups in total. The molecule has 4 rings (SSSR count). The lowest BCUT2D eigenvalue weighted by atomic mass is 9.78. The number of carbonyl (C=O) groups excluding carboxylic acids is 1. The van der Waals surface area contributed by atoms with Gasteiger partial charge in [0.1, 0.15) is 6.61 Å². The zero-order chi connectivity index (χ0) is 21.8. The Bertz CT molecular complexity index is 910. The van der Waals surface area contributed by atoms with Crippen LogP contribution in [0.4, 0.5) is 4.39 Å². The van der Waals surface area contributed by atoms with E-state index in [1.807, 2.05) is 0 Å². The third-order valence-electron chi connectivity index (χ3n) is 6.20. The summed E-state index contributed by atoms with van der Waals surface area (Å²) in [6.07, 6.45) is 4.07. The molecule has 1 unspecified atom stereocenters. The fourth-order valence-electron chi connectivity index (χ4n) is 4.56. The predicted octanol–water partition coefficient (Wildman–Crippen LogP) is 3.01. The number of hydrogen-bond acceptors (Lipinski definition) is 7. The van der Waals surface area contributed by atoms with Crippen molar-refractivity contribution in [3.63, 3.8) is 0 Å². The second kappa shape index (κ2) is 9.32. The smallest absolute Gasteiger partial charge is 0.253 e. The van der Waals surface area contributed by atoms with Crippen molar-refractivity contribution in [2.45, 2.75) is 44.3 Å². The average molecular weight is 433 g/mol. The van der Waals surface area contributed by atoms with Crippen LogP contribution in [0.15, 0.2) is 22.7 Å². The molecule has 1 atom stereocenters. The largest absolute Gasteiger partial charge is 0.494 e. The molecule has 2 saturated heterocycles. The number of benzene rings is 1. The first-order chi connectivity index (χ1) is 15.0. The van der Waals surface area contributed by atoms with E-state index < -0.39 is 5.82 Å². The van der Waals surface area contributed by atoms with E-state index in [1.54, 1.807) is 18.1 Å². The van der Waals surface area contributed by atoms with Crippen LogP contribution >= 0.6 is 0 Å². The molecule has 2 aliphatic rings. The number of hydrogen-bond donors (Lipinski definition) is 0. The molecule has 1 aromatic heterocycles. The van der Waals surface area contributed by atoms with Crippen LogP contribution in [0.25, 0.3) is 0 Å². The number of rotatable bonds is 6. The molecule has 1 spiro atoms. The molecule has 0 bridgehead atoms. The van der Waals surface area contributed by atoms with Crippen LogP contribution < -0.4 is 4.74 Å². The van der Waals surface area contributed by atoms with Gasteiger partial charge in [0.05, 0.1) is 12.7 Å². The molecule has 9 heteroatoms. The van der Waals surface area contributed by atoms with Gasteiger partial charge in [-0.2, -0.15) is 4.98 Å². The maximum atomic E-state index is 14.0. The SMILES string of the molecule is COCc1noc(CC2CCOC3(CCN(C(=O)c4ccc(OC)c(F)c4)CC3)C2)n1. The van der Waals surface area contributed by atoms with Gasteiger partial charge in [0.15, 0.2) is 17.4 Å². The Hall–Kier alpha value is -2.52. The molecule has 0 radical (unpaired) electrons. The number of halogens is 1. The molecule has 168 valence electrons. The zero-order valence-corrected chi connectivity index (χ0v) is 17.9. The molecule has 0 aliphatic carbocycles. The highest BCUT2D eigenvalue weighted by atomic mass is 19.1. The molecule has 0 saturated carbocycles. The van der Waals surface area contributed by atoms with Gasteiger partial charge in [0.25, 0.3) is 5.91 Å². The summed E-state index contributed by atoms with van der Waals surface area (Å²) in [4.78, 5) is 19.0. The number of nitrogens with zero attached hydrogens (tertiary/aromatic N) is 3. The number of ether oxygens (including phenoxy) is 3. The predicted molar refractivity (Wildman–Crippen MR) is 108 cm³/mol. The molecular weight excluding hydrogens is 405 g/mol. The molecule has 31 heavy (non-hydrogen) atoms. The Morgan fingerprint density at radius 2 is 2.13 bits per heavy atom. The molecule has 1 amide bonds. The molecule has 2 aliphatic heterocycles. The Kier molecular flexibility index (Phi) is 6.52. The zero-order valence-electron chi connectivity index (χ0n) is 17.9. The molecule has 8 nitrogen and oxygen atoms in total. The lowest BCUT2D eigenvalue weighted by Crippen LogP contribution is -2.51. The van der Waals surface area contributed by atoms with Crippen molar-refractivity contribution in [3.05, 3.63) is 41.3 Å². The van der Waals surface area contributed by atoms with E-state index in [4.69, 9.17) is 18.7 Å². The van der Waals surface area contributed by atoms with Gasteiger partial charge in [0.2, 0.25) is 5.89 Å². The summed E-state index contributed by atoms with van der Waals surface area (Å²) in [6.45, 7) is 2.18. The lowest BCUT2D eigenvalue weighted by Gasteiger charge is -2.46. The van der Waals surface area contributed by atoms with Crippen molar-refractivity contribution in [1.29, 1.82) is 0 Å². The fraction of sp³-hybridized carbons (Fsp3) is 0.591. The van der Waals surface area contributed by atoms with E-state index in [2.05, 4.69) is 10.1 Å². The highest BCUT2D eigenvalue weighted by molar-refractivity contribution is 5.94. The van der Waals surface area contributed by atoms with Gasteiger partial charge >= 0.3 is 0 Å². The number of likely N-dealkylation sites (tertiary alicyclic amines) is 1. The van der Waals surface area contributed by atoms with Crippen molar-refractivity contribution in [3.8, 4) is 5.75 Å². The van der Waals surface area contributed by atoms with Crippen molar-refractivity contribution in [1.82, 2.24) is 15.0 Å². The minimum atomic E-state index is -0.532. The van der Waals surface area contributed by atoms with Crippen molar-refractivity contribution in [2.24, 2.45) is 5.92 Å².